The molecule has 7 aromatic rings. The smallest absolute Gasteiger partial charge is 0.145 e. The van der Waals surface area contributed by atoms with E-state index < -0.39 is 0 Å². The van der Waals surface area contributed by atoms with Crippen molar-refractivity contribution in [1.29, 1.82) is 0 Å². The molecule has 8 rings (SSSR count). The number of anilines is 3. The maximum atomic E-state index is 5.01. The Morgan fingerprint density at radius 3 is 2.29 bits per heavy atom. The van der Waals surface area contributed by atoms with Crippen LogP contribution in [0.3, 0.4) is 0 Å². The van der Waals surface area contributed by atoms with Crippen molar-refractivity contribution in [3.63, 3.8) is 0 Å². The van der Waals surface area contributed by atoms with Gasteiger partial charge in [-0.15, -0.1) is 55.3 Å². The third kappa shape index (κ3) is 6.07. The molecular weight excluding hydrogens is 804 g/mol. The van der Waals surface area contributed by atoms with Crippen LogP contribution in [0.25, 0.3) is 38.8 Å². The number of hydrogen-bond acceptors (Lipinski definition) is 4. The fraction of sp³-hybridized carbons (Fsp3) is 0.167. The molecule has 7 heteroatoms. The van der Waals surface area contributed by atoms with Crippen molar-refractivity contribution in [2.24, 2.45) is 0 Å². The molecule has 0 bridgehead atoms. The molecule has 0 spiro atoms. The Morgan fingerprint density at radius 1 is 0.735 bits per heavy atom. The van der Waals surface area contributed by atoms with E-state index in [1.165, 1.54) is 16.5 Å². The molecule has 2 aromatic heterocycles. The fourth-order valence-corrected chi connectivity index (χ4v) is 7.39. The van der Waals surface area contributed by atoms with Crippen LogP contribution in [0, 0.1) is 12.1 Å². The summed E-state index contributed by atoms with van der Waals surface area (Å²) in [6.45, 7) is 11.0. The number of hydrogen-bond donors (Lipinski definition) is 0. The first-order valence-corrected chi connectivity index (χ1v) is 17.2. The van der Waals surface area contributed by atoms with E-state index in [2.05, 4.69) is 172 Å². The maximum Gasteiger partial charge on any atom is 0.145 e. The second-order valence-corrected chi connectivity index (χ2v) is 14.5. The molecule has 1 aliphatic rings. The van der Waals surface area contributed by atoms with Gasteiger partial charge < -0.3 is 4.57 Å². The van der Waals surface area contributed by atoms with Gasteiger partial charge in [-0.3, -0.25) is 0 Å². The first kappa shape index (κ1) is 33.2. The standard InChI is InChI=1S/C42H36N4OS.Pt/c1-28(2)33-15-6-7-16-34(33)29-23-24-43-41(25-29)44-37-18-9-8-17-35(37)36-22-21-32(27-40(36)44)48-31-14-12-13-30(26-31)45-38-19-10-11-20-39(38)46(47-45)42(3,4)5;/h6-25,28H,1-5H3;/q-2;/p+1. The normalized spacial score (nSPS) is 12.9. The van der Waals surface area contributed by atoms with Crippen LogP contribution in [0.4, 0.5) is 17.1 Å². The summed E-state index contributed by atoms with van der Waals surface area (Å²) in [7, 11) is 0. The van der Waals surface area contributed by atoms with Crippen molar-refractivity contribution < 1.29 is 26.0 Å². The first-order valence-electron chi connectivity index (χ1n) is 16.4. The summed E-state index contributed by atoms with van der Waals surface area (Å²) in [5.74, 6) is 1.29. The van der Waals surface area contributed by atoms with Crippen LogP contribution >= 0.6 is 11.8 Å². The predicted molar refractivity (Wildman–Crippen MR) is 199 cm³/mol. The van der Waals surface area contributed by atoms with Gasteiger partial charge in [0.15, 0.2) is 0 Å². The number of hydroxylamine groups is 1. The molecule has 3 heterocycles. The van der Waals surface area contributed by atoms with Gasteiger partial charge >= 0.3 is 0 Å². The van der Waals surface area contributed by atoms with E-state index in [1.54, 1.807) is 11.8 Å². The van der Waals surface area contributed by atoms with Gasteiger partial charge in [-0.2, -0.15) is 29.2 Å². The van der Waals surface area contributed by atoms with Gasteiger partial charge in [0.25, 0.3) is 0 Å². The third-order valence-corrected chi connectivity index (χ3v) is 9.69. The van der Waals surface area contributed by atoms with E-state index in [9.17, 15) is 0 Å². The predicted octanol–water partition coefficient (Wildman–Crippen LogP) is 11.3. The van der Waals surface area contributed by atoms with E-state index in [1.807, 2.05) is 11.3 Å². The summed E-state index contributed by atoms with van der Waals surface area (Å²) < 4.78 is 2.25. The number of rotatable bonds is 6. The molecule has 0 fully saturated rings. The molecule has 0 unspecified atom stereocenters. The third-order valence-electron chi connectivity index (χ3n) is 8.78. The van der Waals surface area contributed by atoms with Crippen LogP contribution < -0.4 is 10.1 Å². The van der Waals surface area contributed by atoms with E-state index in [0.29, 0.717) is 5.92 Å². The quantitative estimate of drug-likeness (QED) is 0.123. The van der Waals surface area contributed by atoms with Crippen molar-refractivity contribution in [2.45, 2.75) is 55.9 Å². The summed E-state index contributed by atoms with van der Waals surface area (Å²) in [6, 6.07) is 47.9. The molecule has 5 aromatic carbocycles. The Balaban J connectivity index is 0.00000378. The fourth-order valence-electron chi connectivity index (χ4n) is 6.56. The Bertz CT molecular complexity index is 2310. The Kier molecular flexibility index (Phi) is 8.91. The van der Waals surface area contributed by atoms with Gasteiger partial charge in [0.1, 0.15) is 22.7 Å². The van der Waals surface area contributed by atoms with Crippen molar-refractivity contribution in [3.05, 3.63) is 139 Å². The molecule has 1 aliphatic heterocycles. The zero-order valence-corrected chi connectivity index (χ0v) is 31.2. The molecule has 0 saturated carbocycles. The molecule has 0 aliphatic carbocycles. The van der Waals surface area contributed by atoms with Crippen LogP contribution in [0.1, 0.15) is 46.1 Å². The monoisotopic (exact) mass is 840 g/mol. The second kappa shape index (κ2) is 13.2. The van der Waals surface area contributed by atoms with Gasteiger partial charge in [-0.05, 0) is 79.1 Å². The minimum Gasteiger partial charge on any atom is -0.319 e. The zero-order chi connectivity index (χ0) is 33.0. The van der Waals surface area contributed by atoms with Gasteiger partial charge in [-0.1, -0.05) is 74.0 Å². The zero-order valence-electron chi connectivity index (χ0n) is 28.1. The van der Waals surface area contributed by atoms with Crippen LogP contribution in [-0.4, -0.2) is 20.0 Å². The van der Waals surface area contributed by atoms with E-state index in [4.69, 9.17) is 9.92 Å². The number of nitrogens with zero attached hydrogens (tertiary/aromatic N) is 4. The molecule has 49 heavy (non-hydrogen) atoms. The average molecular weight is 841 g/mol. The van der Waals surface area contributed by atoms with Gasteiger partial charge in [0.05, 0.1) is 0 Å². The molecule has 5 nitrogen and oxygen atoms in total. The minimum absolute atomic E-state index is 0. The number of aromatic nitrogens is 2. The number of benzene rings is 5. The largest absolute Gasteiger partial charge is 0.319 e. The average Bonchev–Trinajstić information content (AvgIpc) is 3.65. The molecule has 248 valence electrons. The van der Waals surface area contributed by atoms with Crippen molar-refractivity contribution in [2.75, 3.05) is 10.1 Å². The van der Waals surface area contributed by atoms with Crippen LogP contribution in [0.5, 0.6) is 0 Å². The van der Waals surface area contributed by atoms with Crippen molar-refractivity contribution in [3.8, 4) is 16.9 Å². The number of fused-ring (bicyclic) bond motifs is 4. The van der Waals surface area contributed by atoms with Gasteiger partial charge in [0, 0.05) is 38.5 Å². The molecule has 0 atom stereocenters. The SMILES string of the molecule is CC(C)c1ccccc1-c1ccnc(-n2c3[c-]c(Sc4[c-]c(N5[OH+]N(C(C)(C)C)c6ccccc65)ccc4)ccc3c3ccccc32)c1.[Pt]. The summed E-state index contributed by atoms with van der Waals surface area (Å²) in [4.78, 5) is 11.9. The van der Waals surface area contributed by atoms with Crippen LogP contribution in [0.15, 0.2) is 131 Å². The molecule has 1 N–H and O–H groups in total. The second-order valence-electron chi connectivity index (χ2n) is 13.5. The minimum atomic E-state index is -0.160. The van der Waals surface area contributed by atoms with E-state index >= 15 is 0 Å². The van der Waals surface area contributed by atoms with Gasteiger partial charge in [0.2, 0.25) is 0 Å². The number of pyridine rings is 1. The van der Waals surface area contributed by atoms with Crippen LogP contribution in [-0.2, 0) is 21.1 Å². The van der Waals surface area contributed by atoms with Crippen molar-refractivity contribution in [1.82, 2.24) is 9.55 Å². The summed E-state index contributed by atoms with van der Waals surface area (Å²) in [6.07, 6.45) is 1.92. The van der Waals surface area contributed by atoms with Crippen molar-refractivity contribution >= 4 is 50.6 Å². The Labute approximate surface area is 306 Å². The van der Waals surface area contributed by atoms with Crippen LogP contribution in [0.2, 0.25) is 0 Å². The summed E-state index contributed by atoms with van der Waals surface area (Å²) in [5.41, 5.74) is 8.72. The van der Waals surface area contributed by atoms with E-state index in [0.717, 1.165) is 54.7 Å². The Morgan fingerprint density at radius 2 is 1.47 bits per heavy atom. The number of para-hydroxylation sites is 3. The molecular formula is C42H37N4OPtS-. The first-order chi connectivity index (χ1) is 23.3. The molecule has 0 saturated heterocycles. The van der Waals surface area contributed by atoms with E-state index in [-0.39, 0.29) is 26.6 Å². The van der Waals surface area contributed by atoms with Gasteiger partial charge in [-0.25, -0.2) is 4.98 Å². The Hall–Kier alpha value is -4.35. The molecule has 0 radical (unpaired) electrons. The maximum absolute atomic E-state index is 5.01. The topological polar surface area (TPSA) is 37.1 Å². The summed E-state index contributed by atoms with van der Waals surface area (Å²) in [5, 5.41) is 6.41. The molecule has 0 amide bonds. The summed E-state index contributed by atoms with van der Waals surface area (Å²) >= 11 is 1.66.